The van der Waals surface area contributed by atoms with Crippen molar-refractivity contribution in [1.29, 1.82) is 0 Å². The molecule has 1 unspecified atom stereocenters. The van der Waals surface area contributed by atoms with Gasteiger partial charge in [-0.2, -0.15) is 0 Å². The van der Waals surface area contributed by atoms with Gasteiger partial charge in [-0.05, 0) is 25.0 Å². The van der Waals surface area contributed by atoms with Gasteiger partial charge < -0.3 is 10.6 Å². The molecule has 1 aliphatic carbocycles. The predicted octanol–water partition coefficient (Wildman–Crippen LogP) is 1.61. The minimum Gasteiger partial charge on any atom is -0.365 e. The molecule has 7 heteroatoms. The van der Waals surface area contributed by atoms with Crippen molar-refractivity contribution in [1.82, 2.24) is 9.97 Å². The summed E-state index contributed by atoms with van der Waals surface area (Å²) in [6.45, 7) is 0. The van der Waals surface area contributed by atoms with E-state index in [1.807, 2.05) is 35.2 Å². The van der Waals surface area contributed by atoms with Gasteiger partial charge in [0.25, 0.3) is 5.91 Å². The maximum absolute atomic E-state index is 11.7. The van der Waals surface area contributed by atoms with E-state index in [0.717, 1.165) is 18.5 Å². The monoisotopic (exact) mass is 316 g/mol. The lowest BCUT2D eigenvalue weighted by Crippen LogP contribution is -2.26. The Labute approximate surface area is 130 Å². The summed E-state index contributed by atoms with van der Waals surface area (Å²) >= 11 is 0. The number of carbonyl (C=O) groups excluding carboxylic acids is 1. The number of hydrogen-bond acceptors (Lipinski definition) is 5. The molecule has 0 bridgehead atoms. The van der Waals surface area contributed by atoms with Gasteiger partial charge >= 0.3 is 0 Å². The third kappa shape index (κ3) is 2.85. The van der Waals surface area contributed by atoms with Crippen LogP contribution in [-0.4, -0.2) is 32.4 Å². The summed E-state index contributed by atoms with van der Waals surface area (Å²) in [4.78, 5) is 22.0. The van der Waals surface area contributed by atoms with E-state index in [1.165, 1.54) is 12.5 Å². The molecule has 1 atom stereocenters. The van der Waals surface area contributed by atoms with Crippen LogP contribution in [0.25, 0.3) is 0 Å². The van der Waals surface area contributed by atoms with Crippen LogP contribution >= 0.6 is 0 Å². The number of hydrogen-bond donors (Lipinski definition) is 1. The molecule has 1 aliphatic rings. The highest BCUT2D eigenvalue weighted by molar-refractivity contribution is 7.84. The Hall–Kier alpha value is -2.28. The lowest BCUT2D eigenvalue weighted by molar-refractivity contribution is 0.1000. The van der Waals surface area contributed by atoms with Crippen LogP contribution in [0, 0.1) is 0 Å². The first kappa shape index (κ1) is 14.6. The van der Waals surface area contributed by atoms with Gasteiger partial charge in [0.2, 0.25) is 5.16 Å². The molecule has 3 rings (SSSR count). The van der Waals surface area contributed by atoms with Gasteiger partial charge in [-0.1, -0.05) is 18.2 Å². The molecule has 1 aromatic heterocycles. The van der Waals surface area contributed by atoms with Gasteiger partial charge in [0.1, 0.15) is 5.56 Å². The molecule has 0 saturated heterocycles. The van der Waals surface area contributed by atoms with Crippen molar-refractivity contribution < 1.29 is 9.00 Å². The van der Waals surface area contributed by atoms with Crippen molar-refractivity contribution in [3.8, 4) is 0 Å². The summed E-state index contributed by atoms with van der Waals surface area (Å²) in [6, 6.07) is 9.95. The molecular weight excluding hydrogens is 300 g/mol. The first-order valence-corrected chi connectivity index (χ1v) is 8.48. The van der Waals surface area contributed by atoms with Crippen molar-refractivity contribution in [3.63, 3.8) is 0 Å². The molecule has 1 fully saturated rings. The largest absolute Gasteiger partial charge is 0.365 e. The van der Waals surface area contributed by atoms with Gasteiger partial charge in [-0.3, -0.25) is 9.00 Å². The molecule has 1 saturated carbocycles. The van der Waals surface area contributed by atoms with Crippen molar-refractivity contribution in [2.75, 3.05) is 11.2 Å². The molecule has 1 aromatic carbocycles. The lowest BCUT2D eigenvalue weighted by Gasteiger charge is -2.25. The first-order valence-electron chi connectivity index (χ1n) is 6.92. The van der Waals surface area contributed by atoms with Crippen LogP contribution < -0.4 is 10.6 Å². The molecule has 2 aromatic rings. The Kier molecular flexibility index (Phi) is 3.89. The molecule has 6 nitrogen and oxygen atoms in total. The van der Waals surface area contributed by atoms with Crippen LogP contribution in [0.3, 0.4) is 0 Å². The molecule has 114 valence electrons. The quantitative estimate of drug-likeness (QED) is 0.847. The van der Waals surface area contributed by atoms with Crippen molar-refractivity contribution in [3.05, 3.63) is 42.1 Å². The highest BCUT2D eigenvalue weighted by Crippen LogP contribution is 2.38. The number of primary amides is 1. The fourth-order valence-corrected chi connectivity index (χ4v) is 2.70. The zero-order valence-corrected chi connectivity index (χ0v) is 12.9. The normalized spacial score (nSPS) is 15.3. The van der Waals surface area contributed by atoms with Gasteiger partial charge in [0.05, 0.1) is 10.8 Å². The minimum atomic E-state index is -1.33. The number of amides is 1. The third-order valence-electron chi connectivity index (χ3n) is 3.44. The van der Waals surface area contributed by atoms with Crippen LogP contribution in [-0.2, 0) is 10.8 Å². The fraction of sp³-hybridized carbons (Fsp3) is 0.267. The first-order chi connectivity index (χ1) is 10.6. The van der Waals surface area contributed by atoms with Crippen molar-refractivity contribution in [2.24, 2.45) is 5.73 Å². The number of aromatic nitrogens is 2. The molecule has 0 radical (unpaired) electrons. The Morgan fingerprint density at radius 2 is 2.00 bits per heavy atom. The maximum Gasteiger partial charge on any atom is 0.254 e. The summed E-state index contributed by atoms with van der Waals surface area (Å²) in [5, 5.41) is 0.196. The second-order valence-electron chi connectivity index (χ2n) is 5.14. The lowest BCUT2D eigenvalue weighted by atomic mass is 10.2. The maximum atomic E-state index is 11.7. The van der Waals surface area contributed by atoms with Gasteiger partial charge in [0, 0.05) is 24.2 Å². The zero-order chi connectivity index (χ0) is 15.7. The Bertz CT molecular complexity index is 732. The van der Waals surface area contributed by atoms with E-state index >= 15 is 0 Å². The molecule has 2 N–H and O–H groups in total. The standard InChI is InChI=1S/C15H16N4O2S/c1-22(21)15-17-9-12(13(16)20)14(18-15)19(11-7-8-11)10-5-3-2-4-6-10/h2-6,9,11H,7-8H2,1H3,(H2,16,20). The molecule has 0 spiro atoms. The van der Waals surface area contributed by atoms with Gasteiger partial charge in [-0.25, -0.2) is 9.97 Å². The van der Waals surface area contributed by atoms with Crippen molar-refractivity contribution >= 4 is 28.2 Å². The fourth-order valence-electron chi connectivity index (χ4n) is 2.28. The number of carbonyl (C=O) groups is 1. The molecular formula is C15H16N4O2S. The average molecular weight is 316 g/mol. The molecule has 22 heavy (non-hydrogen) atoms. The number of para-hydroxylation sites is 1. The highest BCUT2D eigenvalue weighted by Gasteiger charge is 2.33. The summed E-state index contributed by atoms with van der Waals surface area (Å²) in [6.07, 6.45) is 4.90. The number of anilines is 2. The topological polar surface area (TPSA) is 89.2 Å². The SMILES string of the molecule is CS(=O)c1ncc(C(N)=O)c(N(c2ccccc2)C2CC2)n1. The van der Waals surface area contributed by atoms with Crippen molar-refractivity contribution in [2.45, 2.75) is 24.0 Å². The molecule has 1 heterocycles. The second kappa shape index (κ2) is 5.84. The van der Waals surface area contributed by atoms with E-state index in [1.54, 1.807) is 0 Å². The van der Waals surface area contributed by atoms with E-state index in [4.69, 9.17) is 5.73 Å². The summed E-state index contributed by atoms with van der Waals surface area (Å²) in [7, 11) is -1.33. The highest BCUT2D eigenvalue weighted by atomic mass is 32.2. The Morgan fingerprint density at radius 3 is 2.55 bits per heavy atom. The van der Waals surface area contributed by atoms with Gasteiger partial charge in [-0.15, -0.1) is 0 Å². The van der Waals surface area contributed by atoms with E-state index in [-0.39, 0.29) is 16.8 Å². The predicted molar refractivity (Wildman–Crippen MR) is 84.5 cm³/mol. The van der Waals surface area contributed by atoms with Crippen LogP contribution in [0.5, 0.6) is 0 Å². The number of nitrogens with two attached hydrogens (primary N) is 1. The summed E-state index contributed by atoms with van der Waals surface area (Å²) < 4.78 is 11.7. The molecule has 0 aliphatic heterocycles. The minimum absolute atomic E-state index is 0.196. The number of benzene rings is 1. The summed E-state index contributed by atoms with van der Waals surface area (Å²) in [5.74, 6) is -0.161. The Balaban J connectivity index is 2.16. The van der Waals surface area contributed by atoms with Crippen LogP contribution in [0.2, 0.25) is 0 Å². The summed E-state index contributed by atoms with van der Waals surface area (Å²) in [5.41, 5.74) is 6.63. The smallest absolute Gasteiger partial charge is 0.254 e. The zero-order valence-electron chi connectivity index (χ0n) is 12.1. The molecule has 1 amide bonds. The number of nitrogens with zero attached hydrogens (tertiary/aromatic N) is 3. The third-order valence-corrected chi connectivity index (χ3v) is 4.15. The van der Waals surface area contributed by atoms with E-state index in [0.29, 0.717) is 5.82 Å². The van der Waals surface area contributed by atoms with E-state index < -0.39 is 16.7 Å². The van der Waals surface area contributed by atoms with E-state index in [2.05, 4.69) is 9.97 Å². The van der Waals surface area contributed by atoms with E-state index in [9.17, 15) is 9.00 Å². The van der Waals surface area contributed by atoms with Gasteiger partial charge in [0.15, 0.2) is 5.82 Å². The van der Waals surface area contributed by atoms with Crippen LogP contribution in [0.4, 0.5) is 11.5 Å². The number of rotatable bonds is 5. The second-order valence-corrected chi connectivity index (χ2v) is 6.42. The van der Waals surface area contributed by atoms with Crippen LogP contribution in [0.15, 0.2) is 41.7 Å². The average Bonchev–Trinajstić information content (AvgIpc) is 3.33. The Morgan fingerprint density at radius 1 is 1.32 bits per heavy atom. The van der Waals surface area contributed by atoms with Crippen LogP contribution in [0.1, 0.15) is 23.2 Å².